The first-order valence-electron chi connectivity index (χ1n) is 6.76. The molecule has 0 saturated heterocycles. The molecule has 18 heavy (non-hydrogen) atoms. The highest BCUT2D eigenvalue weighted by molar-refractivity contribution is 5.76. The third-order valence-electron chi connectivity index (χ3n) is 3.30. The number of hydrogen-bond acceptors (Lipinski definition) is 4. The number of likely N-dealkylation sites (N-methyl/N-ethyl adjacent to an activating group) is 1. The van der Waals surface area contributed by atoms with Crippen molar-refractivity contribution in [1.29, 1.82) is 0 Å². The van der Waals surface area contributed by atoms with E-state index in [4.69, 9.17) is 4.74 Å². The van der Waals surface area contributed by atoms with Crippen LogP contribution in [0, 0.1) is 5.92 Å². The van der Waals surface area contributed by atoms with Crippen molar-refractivity contribution in [2.24, 2.45) is 5.92 Å². The summed E-state index contributed by atoms with van der Waals surface area (Å²) in [5.74, 6) is 0.0794. The van der Waals surface area contributed by atoms with Crippen molar-refractivity contribution in [3.05, 3.63) is 11.3 Å². The third kappa shape index (κ3) is 4.02. The van der Waals surface area contributed by atoms with Crippen LogP contribution in [0.25, 0.3) is 0 Å². The minimum Gasteiger partial charge on any atom is -0.464 e. The number of nitrogens with zero attached hydrogens (tertiary/aromatic N) is 1. The van der Waals surface area contributed by atoms with Crippen LogP contribution in [0.3, 0.4) is 0 Å². The van der Waals surface area contributed by atoms with Gasteiger partial charge in [-0.2, -0.15) is 0 Å². The molecule has 0 bridgehead atoms. The predicted octanol–water partition coefficient (Wildman–Crippen LogP) is 1.77. The minimum atomic E-state index is -0.238. The number of hydrogen-bond donors (Lipinski definition) is 1. The molecule has 0 aliphatic carbocycles. The summed E-state index contributed by atoms with van der Waals surface area (Å²) in [4.78, 5) is 14.2. The zero-order chi connectivity index (χ0) is 13.7. The van der Waals surface area contributed by atoms with Crippen molar-refractivity contribution in [3.63, 3.8) is 0 Å². The van der Waals surface area contributed by atoms with Crippen molar-refractivity contribution < 1.29 is 9.53 Å². The molecule has 1 aliphatic rings. The fraction of sp³-hybridized carbons (Fsp3) is 0.786. The molecule has 0 aromatic heterocycles. The van der Waals surface area contributed by atoms with Gasteiger partial charge in [0.15, 0.2) is 0 Å². The van der Waals surface area contributed by atoms with Gasteiger partial charge in [0.05, 0.1) is 6.61 Å². The highest BCUT2D eigenvalue weighted by Crippen LogP contribution is 2.16. The molecular weight excluding hydrogens is 228 g/mol. The first-order valence-corrected chi connectivity index (χ1v) is 6.76. The molecule has 0 fully saturated rings. The van der Waals surface area contributed by atoms with E-state index in [9.17, 15) is 4.79 Å². The summed E-state index contributed by atoms with van der Waals surface area (Å²) >= 11 is 0. The molecule has 0 aromatic carbocycles. The fourth-order valence-electron chi connectivity index (χ4n) is 2.21. The van der Waals surface area contributed by atoms with Crippen molar-refractivity contribution in [3.8, 4) is 0 Å². The Morgan fingerprint density at radius 2 is 2.17 bits per heavy atom. The molecule has 1 rings (SSSR count). The Kier molecular flexibility index (Phi) is 5.66. The molecule has 1 N–H and O–H groups in total. The number of carbonyl (C=O) groups excluding carboxylic acids is 1. The molecule has 0 radical (unpaired) electrons. The number of esters is 1. The molecule has 0 spiro atoms. The smallest absolute Gasteiger partial charge is 0.328 e. The lowest BCUT2D eigenvalue weighted by molar-refractivity contribution is -0.146. The Morgan fingerprint density at radius 3 is 2.67 bits per heavy atom. The van der Waals surface area contributed by atoms with Crippen LogP contribution in [0.15, 0.2) is 11.3 Å². The summed E-state index contributed by atoms with van der Waals surface area (Å²) in [6.45, 7) is 10.5. The van der Waals surface area contributed by atoms with E-state index in [1.165, 1.54) is 11.3 Å². The lowest BCUT2D eigenvalue weighted by Crippen LogP contribution is -2.44. The monoisotopic (exact) mass is 254 g/mol. The van der Waals surface area contributed by atoms with Crippen LogP contribution >= 0.6 is 0 Å². The Labute approximate surface area is 110 Å². The first kappa shape index (κ1) is 15.0. The summed E-state index contributed by atoms with van der Waals surface area (Å²) < 4.78 is 5.13. The average Bonchev–Trinajstić information content (AvgIpc) is 2.27. The van der Waals surface area contributed by atoms with Gasteiger partial charge in [0.1, 0.15) is 6.04 Å². The maximum Gasteiger partial charge on any atom is 0.328 e. The van der Waals surface area contributed by atoms with Gasteiger partial charge in [-0.05, 0) is 38.8 Å². The second kappa shape index (κ2) is 6.78. The van der Waals surface area contributed by atoms with Gasteiger partial charge in [0.25, 0.3) is 0 Å². The van der Waals surface area contributed by atoms with Crippen molar-refractivity contribution >= 4 is 5.97 Å². The van der Waals surface area contributed by atoms with E-state index in [1.807, 2.05) is 20.8 Å². The van der Waals surface area contributed by atoms with E-state index < -0.39 is 0 Å². The largest absolute Gasteiger partial charge is 0.464 e. The zero-order valence-corrected chi connectivity index (χ0v) is 12.2. The summed E-state index contributed by atoms with van der Waals surface area (Å²) in [6, 6.07) is -0.238. The molecule has 0 amide bonds. The van der Waals surface area contributed by atoms with Gasteiger partial charge < -0.3 is 15.0 Å². The Morgan fingerprint density at radius 1 is 1.50 bits per heavy atom. The summed E-state index contributed by atoms with van der Waals surface area (Å²) in [5, 5.41) is 3.39. The number of carbonyl (C=O) groups is 1. The van der Waals surface area contributed by atoms with E-state index >= 15 is 0 Å². The van der Waals surface area contributed by atoms with Gasteiger partial charge in [-0.3, -0.25) is 0 Å². The van der Waals surface area contributed by atoms with Crippen LogP contribution < -0.4 is 5.32 Å². The zero-order valence-electron chi connectivity index (χ0n) is 12.2. The van der Waals surface area contributed by atoms with Crippen LogP contribution in [0.2, 0.25) is 0 Å². The molecule has 1 atom stereocenters. The van der Waals surface area contributed by atoms with E-state index in [0.717, 1.165) is 19.5 Å². The second-order valence-electron chi connectivity index (χ2n) is 5.36. The van der Waals surface area contributed by atoms with Crippen molar-refractivity contribution in [2.75, 3.05) is 26.7 Å². The second-order valence-corrected chi connectivity index (χ2v) is 5.36. The van der Waals surface area contributed by atoms with Gasteiger partial charge in [0.2, 0.25) is 0 Å². The highest BCUT2D eigenvalue weighted by Gasteiger charge is 2.25. The summed E-state index contributed by atoms with van der Waals surface area (Å²) in [6.07, 6.45) is 0.977. The number of rotatable bonds is 5. The topological polar surface area (TPSA) is 41.6 Å². The highest BCUT2D eigenvalue weighted by atomic mass is 16.5. The van der Waals surface area contributed by atoms with Crippen LogP contribution in [-0.4, -0.2) is 43.7 Å². The SMILES string of the molecule is CCOC(=O)C(NC1=C(C)CN(C)CC1)C(C)C. The maximum absolute atomic E-state index is 11.9. The summed E-state index contributed by atoms with van der Waals surface area (Å²) in [5.41, 5.74) is 2.53. The van der Waals surface area contributed by atoms with Crippen molar-refractivity contribution in [2.45, 2.75) is 40.2 Å². The standard InChI is InChI=1S/C14H26N2O2/c1-6-18-14(17)13(10(2)3)15-12-7-8-16(5)9-11(12)4/h10,13,15H,6-9H2,1-5H3. The van der Waals surface area contributed by atoms with Crippen molar-refractivity contribution in [1.82, 2.24) is 10.2 Å². The van der Waals surface area contributed by atoms with Crippen LogP contribution in [0.1, 0.15) is 34.1 Å². The van der Waals surface area contributed by atoms with Crippen LogP contribution in [0.4, 0.5) is 0 Å². The number of ether oxygens (including phenoxy) is 1. The van der Waals surface area contributed by atoms with Gasteiger partial charge in [0, 0.05) is 18.8 Å². The molecule has 1 heterocycles. The predicted molar refractivity (Wildman–Crippen MR) is 73.2 cm³/mol. The summed E-state index contributed by atoms with van der Waals surface area (Å²) in [7, 11) is 2.12. The third-order valence-corrected chi connectivity index (χ3v) is 3.30. The first-order chi connectivity index (χ1) is 8.45. The fourth-order valence-corrected chi connectivity index (χ4v) is 2.21. The normalized spacial score (nSPS) is 19.0. The average molecular weight is 254 g/mol. The molecule has 104 valence electrons. The van der Waals surface area contributed by atoms with Gasteiger partial charge in [-0.25, -0.2) is 4.79 Å². The van der Waals surface area contributed by atoms with Crippen LogP contribution in [0.5, 0.6) is 0 Å². The lowest BCUT2D eigenvalue weighted by Gasteiger charge is -2.30. The van der Waals surface area contributed by atoms with E-state index in [-0.39, 0.29) is 17.9 Å². The van der Waals surface area contributed by atoms with Gasteiger partial charge in [-0.15, -0.1) is 0 Å². The Hall–Kier alpha value is -1.03. The van der Waals surface area contributed by atoms with Gasteiger partial charge >= 0.3 is 5.97 Å². The quantitative estimate of drug-likeness (QED) is 0.759. The molecule has 4 heteroatoms. The number of nitrogens with one attached hydrogen (secondary N) is 1. The molecule has 4 nitrogen and oxygen atoms in total. The molecular formula is C14H26N2O2. The maximum atomic E-state index is 11.9. The lowest BCUT2D eigenvalue weighted by atomic mass is 10.0. The molecule has 0 saturated carbocycles. The van der Waals surface area contributed by atoms with Crippen LogP contribution in [-0.2, 0) is 9.53 Å². The van der Waals surface area contributed by atoms with E-state index in [0.29, 0.717) is 6.61 Å². The molecule has 1 unspecified atom stereocenters. The minimum absolute atomic E-state index is 0.147. The molecule has 0 aromatic rings. The van der Waals surface area contributed by atoms with E-state index in [2.05, 4.69) is 24.2 Å². The molecule has 1 aliphatic heterocycles. The Balaban J connectivity index is 2.72. The van der Waals surface area contributed by atoms with E-state index in [1.54, 1.807) is 0 Å². The Bertz CT molecular complexity index is 324. The van der Waals surface area contributed by atoms with Gasteiger partial charge in [-0.1, -0.05) is 13.8 Å².